The van der Waals surface area contributed by atoms with Crippen LogP contribution in [0.4, 0.5) is 0 Å². The summed E-state index contributed by atoms with van der Waals surface area (Å²) < 4.78 is 11.4. The van der Waals surface area contributed by atoms with Crippen LogP contribution in [0, 0.1) is 0 Å². The van der Waals surface area contributed by atoms with Crippen LogP contribution in [0.25, 0.3) is 0 Å². The van der Waals surface area contributed by atoms with Crippen LogP contribution in [0.1, 0.15) is 16.7 Å². The van der Waals surface area contributed by atoms with E-state index in [1.54, 1.807) is 7.11 Å². The summed E-state index contributed by atoms with van der Waals surface area (Å²) in [7, 11) is 1.70. The zero-order valence-electron chi connectivity index (χ0n) is 15.9. The smallest absolute Gasteiger partial charge is 0.124 e. The number of hydrogen-bond acceptors (Lipinski definition) is 3. The lowest BCUT2D eigenvalue weighted by atomic mass is 10.1. The van der Waals surface area contributed by atoms with Crippen molar-refractivity contribution in [2.24, 2.45) is 0 Å². The summed E-state index contributed by atoms with van der Waals surface area (Å²) in [6.45, 7) is 2.07. The van der Waals surface area contributed by atoms with Crippen LogP contribution in [0.3, 0.4) is 0 Å². The Morgan fingerprint density at radius 2 is 1.61 bits per heavy atom. The topological polar surface area (TPSA) is 30.5 Å². The van der Waals surface area contributed by atoms with Crippen LogP contribution in [-0.2, 0) is 19.6 Å². The SMILES string of the molecule is COc1ccccc1CCNCc1cc(Cl)ccc1OCc1ccccc1.Cl. The van der Waals surface area contributed by atoms with E-state index in [0.717, 1.165) is 35.6 Å². The minimum absolute atomic E-state index is 0. The van der Waals surface area contributed by atoms with Gasteiger partial charge in [0.1, 0.15) is 18.1 Å². The van der Waals surface area contributed by atoms with Crippen LogP contribution in [-0.4, -0.2) is 13.7 Å². The highest BCUT2D eigenvalue weighted by Crippen LogP contribution is 2.24. The number of hydrogen-bond donors (Lipinski definition) is 1. The molecule has 0 unspecified atom stereocenters. The standard InChI is InChI=1S/C23H24ClNO2.ClH/c1-26-22-10-6-5-9-19(22)13-14-25-16-20-15-21(24)11-12-23(20)27-17-18-7-3-2-4-8-18;/h2-12,15,25H,13-14,16-17H2,1H3;1H. The third kappa shape index (κ3) is 6.45. The summed E-state index contributed by atoms with van der Waals surface area (Å²) in [6, 6.07) is 24.0. The van der Waals surface area contributed by atoms with Gasteiger partial charge in [0.05, 0.1) is 7.11 Å². The maximum absolute atomic E-state index is 6.18. The van der Waals surface area contributed by atoms with Crippen LogP contribution in [0.15, 0.2) is 72.8 Å². The molecule has 0 saturated heterocycles. The molecule has 3 aromatic rings. The molecule has 0 spiro atoms. The number of nitrogens with one attached hydrogen (secondary N) is 1. The third-order valence-electron chi connectivity index (χ3n) is 4.34. The molecule has 0 saturated carbocycles. The van der Waals surface area contributed by atoms with Gasteiger partial charge >= 0.3 is 0 Å². The van der Waals surface area contributed by atoms with Crippen molar-refractivity contribution < 1.29 is 9.47 Å². The lowest BCUT2D eigenvalue weighted by Gasteiger charge is -2.13. The second kappa shape index (κ2) is 11.6. The summed E-state index contributed by atoms with van der Waals surface area (Å²) in [5.41, 5.74) is 3.39. The van der Waals surface area contributed by atoms with Crippen molar-refractivity contribution in [3.63, 3.8) is 0 Å². The van der Waals surface area contributed by atoms with Gasteiger partial charge in [-0.05, 0) is 48.4 Å². The van der Waals surface area contributed by atoms with Gasteiger partial charge in [0.15, 0.2) is 0 Å². The Morgan fingerprint density at radius 3 is 2.39 bits per heavy atom. The highest BCUT2D eigenvalue weighted by atomic mass is 35.5. The molecule has 5 heteroatoms. The Bertz CT molecular complexity index is 856. The molecule has 28 heavy (non-hydrogen) atoms. The number of rotatable bonds is 9. The van der Waals surface area contributed by atoms with Gasteiger partial charge in [0.2, 0.25) is 0 Å². The molecular formula is C23H25Cl2NO2. The molecular weight excluding hydrogens is 393 g/mol. The first-order chi connectivity index (χ1) is 13.3. The number of halogens is 2. The monoisotopic (exact) mass is 417 g/mol. The van der Waals surface area contributed by atoms with Crippen molar-refractivity contribution in [1.82, 2.24) is 5.32 Å². The first kappa shape index (κ1) is 22.1. The van der Waals surface area contributed by atoms with Crippen LogP contribution < -0.4 is 14.8 Å². The van der Waals surface area contributed by atoms with Crippen LogP contribution in [0.5, 0.6) is 11.5 Å². The van der Waals surface area contributed by atoms with Crippen molar-refractivity contribution in [2.75, 3.05) is 13.7 Å². The first-order valence-electron chi connectivity index (χ1n) is 9.04. The zero-order valence-corrected chi connectivity index (χ0v) is 17.4. The molecule has 3 aromatic carbocycles. The summed E-state index contributed by atoms with van der Waals surface area (Å²) in [5, 5.41) is 4.18. The minimum Gasteiger partial charge on any atom is -0.496 e. The molecule has 0 aromatic heterocycles. The van der Waals surface area contributed by atoms with E-state index in [-0.39, 0.29) is 12.4 Å². The minimum atomic E-state index is 0. The predicted octanol–water partition coefficient (Wildman–Crippen LogP) is 5.68. The van der Waals surface area contributed by atoms with E-state index in [0.29, 0.717) is 18.2 Å². The highest BCUT2D eigenvalue weighted by molar-refractivity contribution is 6.30. The van der Waals surface area contributed by atoms with Gasteiger partial charge in [-0.15, -0.1) is 12.4 Å². The fourth-order valence-electron chi connectivity index (χ4n) is 2.92. The van der Waals surface area contributed by atoms with E-state index in [1.165, 1.54) is 5.56 Å². The van der Waals surface area contributed by atoms with Crippen molar-refractivity contribution in [2.45, 2.75) is 19.6 Å². The Hall–Kier alpha value is -2.20. The van der Waals surface area contributed by atoms with Gasteiger partial charge in [0, 0.05) is 17.1 Å². The van der Waals surface area contributed by atoms with Gasteiger partial charge in [-0.25, -0.2) is 0 Å². The van der Waals surface area contributed by atoms with Crippen LogP contribution in [0.2, 0.25) is 5.02 Å². The second-order valence-corrected chi connectivity index (χ2v) is 6.70. The van der Waals surface area contributed by atoms with E-state index in [1.807, 2.05) is 54.6 Å². The lowest BCUT2D eigenvalue weighted by Crippen LogP contribution is -2.17. The number of para-hydroxylation sites is 1. The Labute approximate surface area is 178 Å². The molecule has 0 aliphatic rings. The molecule has 0 bridgehead atoms. The third-order valence-corrected chi connectivity index (χ3v) is 4.57. The van der Waals surface area contributed by atoms with Crippen LogP contribution >= 0.6 is 24.0 Å². The summed E-state index contributed by atoms with van der Waals surface area (Å²) in [5.74, 6) is 1.78. The number of methoxy groups -OCH3 is 1. The summed E-state index contributed by atoms with van der Waals surface area (Å²) in [6.07, 6.45) is 0.894. The summed E-state index contributed by atoms with van der Waals surface area (Å²) >= 11 is 6.18. The van der Waals surface area contributed by atoms with E-state index < -0.39 is 0 Å². The maximum atomic E-state index is 6.18. The molecule has 0 fully saturated rings. The second-order valence-electron chi connectivity index (χ2n) is 6.26. The predicted molar refractivity (Wildman–Crippen MR) is 118 cm³/mol. The van der Waals surface area contributed by atoms with E-state index in [4.69, 9.17) is 21.1 Å². The van der Waals surface area contributed by atoms with Gasteiger partial charge in [-0.3, -0.25) is 0 Å². The van der Waals surface area contributed by atoms with Crippen molar-refractivity contribution in [1.29, 1.82) is 0 Å². The van der Waals surface area contributed by atoms with Crippen molar-refractivity contribution >= 4 is 24.0 Å². The molecule has 0 radical (unpaired) electrons. The van der Waals surface area contributed by atoms with Gasteiger partial charge in [-0.2, -0.15) is 0 Å². The Balaban J connectivity index is 0.00000280. The normalized spacial score (nSPS) is 10.2. The molecule has 148 valence electrons. The molecule has 0 aliphatic carbocycles. The van der Waals surface area contributed by atoms with E-state index in [2.05, 4.69) is 23.5 Å². The van der Waals surface area contributed by atoms with Crippen molar-refractivity contribution in [3.05, 3.63) is 94.5 Å². The molecule has 0 heterocycles. The van der Waals surface area contributed by atoms with E-state index in [9.17, 15) is 0 Å². The number of benzene rings is 3. The number of ether oxygens (including phenoxy) is 2. The van der Waals surface area contributed by atoms with Gasteiger partial charge in [0.25, 0.3) is 0 Å². The Morgan fingerprint density at radius 1 is 0.857 bits per heavy atom. The quantitative estimate of drug-likeness (QED) is 0.454. The molecule has 3 nitrogen and oxygen atoms in total. The first-order valence-corrected chi connectivity index (χ1v) is 9.42. The van der Waals surface area contributed by atoms with Gasteiger partial charge in [-0.1, -0.05) is 60.1 Å². The maximum Gasteiger partial charge on any atom is 0.124 e. The molecule has 0 aliphatic heterocycles. The Kier molecular flexibility index (Phi) is 9.15. The van der Waals surface area contributed by atoms with Crippen molar-refractivity contribution in [3.8, 4) is 11.5 Å². The fraction of sp³-hybridized carbons (Fsp3) is 0.217. The zero-order chi connectivity index (χ0) is 18.9. The molecule has 0 atom stereocenters. The molecule has 0 amide bonds. The molecule has 1 N–H and O–H groups in total. The highest BCUT2D eigenvalue weighted by Gasteiger charge is 2.06. The lowest BCUT2D eigenvalue weighted by molar-refractivity contribution is 0.302. The molecule has 3 rings (SSSR count). The fourth-order valence-corrected chi connectivity index (χ4v) is 3.11. The van der Waals surface area contributed by atoms with E-state index >= 15 is 0 Å². The average molecular weight is 418 g/mol. The summed E-state index contributed by atoms with van der Waals surface area (Å²) in [4.78, 5) is 0. The largest absolute Gasteiger partial charge is 0.496 e. The van der Waals surface area contributed by atoms with Gasteiger partial charge < -0.3 is 14.8 Å². The average Bonchev–Trinajstić information content (AvgIpc) is 2.71.